The number of methoxy groups -OCH3 is 1. The van der Waals surface area contributed by atoms with Crippen molar-refractivity contribution < 1.29 is 9.53 Å². The van der Waals surface area contributed by atoms with Gasteiger partial charge in [0.15, 0.2) is 0 Å². The van der Waals surface area contributed by atoms with E-state index < -0.39 is 0 Å². The number of rotatable bonds is 6. The SMILES string of the molecule is CCC(=O)NCC1(CCOC)CC1. The van der Waals surface area contributed by atoms with E-state index in [0.29, 0.717) is 11.8 Å². The van der Waals surface area contributed by atoms with E-state index in [2.05, 4.69) is 5.32 Å². The Morgan fingerprint density at radius 1 is 1.54 bits per heavy atom. The highest BCUT2D eigenvalue weighted by atomic mass is 16.5. The van der Waals surface area contributed by atoms with Crippen LogP contribution in [0.15, 0.2) is 0 Å². The van der Waals surface area contributed by atoms with Crippen molar-refractivity contribution in [2.24, 2.45) is 5.41 Å². The van der Waals surface area contributed by atoms with Crippen molar-refractivity contribution in [1.29, 1.82) is 0 Å². The van der Waals surface area contributed by atoms with Gasteiger partial charge in [-0.1, -0.05) is 6.92 Å². The third-order valence-corrected chi connectivity index (χ3v) is 2.78. The molecule has 3 heteroatoms. The first-order chi connectivity index (χ1) is 6.22. The van der Waals surface area contributed by atoms with Crippen LogP contribution in [0.1, 0.15) is 32.6 Å². The largest absolute Gasteiger partial charge is 0.385 e. The number of carbonyl (C=O) groups is 1. The molecule has 1 aliphatic carbocycles. The minimum atomic E-state index is 0.156. The molecule has 0 unspecified atom stereocenters. The highest BCUT2D eigenvalue weighted by Crippen LogP contribution is 2.48. The third kappa shape index (κ3) is 3.35. The summed E-state index contributed by atoms with van der Waals surface area (Å²) in [6.07, 6.45) is 4.13. The molecule has 0 aromatic rings. The maximum Gasteiger partial charge on any atom is 0.219 e. The topological polar surface area (TPSA) is 38.3 Å². The second-order valence-electron chi connectivity index (χ2n) is 3.87. The molecule has 76 valence electrons. The lowest BCUT2D eigenvalue weighted by atomic mass is 10.0. The van der Waals surface area contributed by atoms with E-state index in [4.69, 9.17) is 4.74 Å². The summed E-state index contributed by atoms with van der Waals surface area (Å²) in [4.78, 5) is 11.0. The molecule has 0 saturated heterocycles. The van der Waals surface area contributed by atoms with Crippen molar-refractivity contribution in [2.45, 2.75) is 32.6 Å². The van der Waals surface area contributed by atoms with Crippen LogP contribution in [0.2, 0.25) is 0 Å². The molecule has 1 rings (SSSR count). The van der Waals surface area contributed by atoms with Gasteiger partial charge in [-0.3, -0.25) is 4.79 Å². The lowest BCUT2D eigenvalue weighted by molar-refractivity contribution is -0.121. The molecule has 0 aromatic heterocycles. The normalized spacial score (nSPS) is 18.3. The zero-order valence-corrected chi connectivity index (χ0v) is 8.56. The summed E-state index contributed by atoms with van der Waals surface area (Å²) in [6.45, 7) is 3.52. The molecule has 1 aliphatic rings. The van der Waals surface area contributed by atoms with E-state index in [1.165, 1.54) is 12.8 Å². The molecule has 1 N–H and O–H groups in total. The quantitative estimate of drug-likeness (QED) is 0.678. The van der Waals surface area contributed by atoms with E-state index in [0.717, 1.165) is 19.6 Å². The van der Waals surface area contributed by atoms with Crippen LogP contribution in [0, 0.1) is 5.41 Å². The number of carbonyl (C=O) groups excluding carboxylic acids is 1. The van der Waals surface area contributed by atoms with Crippen molar-refractivity contribution in [3.05, 3.63) is 0 Å². The fourth-order valence-electron chi connectivity index (χ4n) is 1.42. The average molecular weight is 185 g/mol. The van der Waals surface area contributed by atoms with Crippen molar-refractivity contribution >= 4 is 5.91 Å². The average Bonchev–Trinajstić information content (AvgIpc) is 2.92. The molecular weight excluding hydrogens is 166 g/mol. The second-order valence-corrected chi connectivity index (χ2v) is 3.87. The van der Waals surface area contributed by atoms with Crippen molar-refractivity contribution in [1.82, 2.24) is 5.32 Å². The van der Waals surface area contributed by atoms with Crippen LogP contribution >= 0.6 is 0 Å². The van der Waals surface area contributed by atoms with Crippen molar-refractivity contribution in [2.75, 3.05) is 20.3 Å². The van der Waals surface area contributed by atoms with E-state index in [1.54, 1.807) is 7.11 Å². The Labute approximate surface area is 79.8 Å². The first-order valence-corrected chi connectivity index (χ1v) is 4.98. The third-order valence-electron chi connectivity index (χ3n) is 2.78. The summed E-state index contributed by atoms with van der Waals surface area (Å²) in [7, 11) is 1.72. The van der Waals surface area contributed by atoms with Gasteiger partial charge in [-0.25, -0.2) is 0 Å². The first-order valence-electron chi connectivity index (χ1n) is 4.98. The monoisotopic (exact) mass is 185 g/mol. The van der Waals surface area contributed by atoms with E-state index in [9.17, 15) is 4.79 Å². The fourth-order valence-corrected chi connectivity index (χ4v) is 1.42. The Balaban J connectivity index is 2.16. The van der Waals surface area contributed by atoms with Crippen LogP contribution in [-0.4, -0.2) is 26.2 Å². The molecule has 0 bridgehead atoms. The van der Waals surface area contributed by atoms with Gasteiger partial charge in [0, 0.05) is 26.7 Å². The van der Waals surface area contributed by atoms with Crippen LogP contribution in [0.3, 0.4) is 0 Å². The Morgan fingerprint density at radius 3 is 2.69 bits per heavy atom. The Kier molecular flexibility index (Phi) is 3.72. The van der Waals surface area contributed by atoms with Crippen LogP contribution in [0.4, 0.5) is 0 Å². The fraction of sp³-hybridized carbons (Fsp3) is 0.900. The number of hydrogen-bond acceptors (Lipinski definition) is 2. The van der Waals surface area contributed by atoms with Crippen LogP contribution in [0.25, 0.3) is 0 Å². The highest BCUT2D eigenvalue weighted by molar-refractivity contribution is 5.75. The molecule has 3 nitrogen and oxygen atoms in total. The zero-order valence-electron chi connectivity index (χ0n) is 8.56. The number of nitrogens with one attached hydrogen (secondary N) is 1. The van der Waals surface area contributed by atoms with E-state index in [1.807, 2.05) is 6.92 Å². The van der Waals surface area contributed by atoms with Gasteiger partial charge in [0.25, 0.3) is 0 Å². The summed E-state index contributed by atoms with van der Waals surface area (Å²) >= 11 is 0. The van der Waals surface area contributed by atoms with E-state index in [-0.39, 0.29) is 5.91 Å². The summed E-state index contributed by atoms with van der Waals surface area (Å²) < 4.78 is 5.04. The minimum Gasteiger partial charge on any atom is -0.385 e. The van der Waals surface area contributed by atoms with Crippen molar-refractivity contribution in [3.63, 3.8) is 0 Å². The number of ether oxygens (including phenoxy) is 1. The molecule has 13 heavy (non-hydrogen) atoms. The maximum atomic E-state index is 11.0. The van der Waals surface area contributed by atoms with Gasteiger partial charge in [-0.15, -0.1) is 0 Å². The second kappa shape index (κ2) is 4.61. The molecule has 0 atom stereocenters. The highest BCUT2D eigenvalue weighted by Gasteiger charge is 2.41. The Bertz CT molecular complexity index is 176. The molecule has 1 fully saturated rings. The van der Waals surface area contributed by atoms with Gasteiger partial charge in [0.05, 0.1) is 0 Å². The molecule has 0 heterocycles. The molecule has 1 amide bonds. The zero-order chi connectivity index (χ0) is 9.73. The molecule has 0 aliphatic heterocycles. The summed E-state index contributed by atoms with van der Waals surface area (Å²) in [5, 5.41) is 2.95. The van der Waals surface area contributed by atoms with Gasteiger partial charge in [0.2, 0.25) is 5.91 Å². The smallest absolute Gasteiger partial charge is 0.219 e. The van der Waals surface area contributed by atoms with Crippen molar-refractivity contribution in [3.8, 4) is 0 Å². The lowest BCUT2D eigenvalue weighted by Crippen LogP contribution is -2.30. The van der Waals surface area contributed by atoms with Crippen LogP contribution in [-0.2, 0) is 9.53 Å². The Morgan fingerprint density at radius 2 is 2.23 bits per heavy atom. The Hall–Kier alpha value is -0.570. The number of amides is 1. The maximum absolute atomic E-state index is 11.0. The van der Waals surface area contributed by atoms with Crippen LogP contribution in [0.5, 0.6) is 0 Å². The van der Waals surface area contributed by atoms with Crippen LogP contribution < -0.4 is 5.32 Å². The van der Waals surface area contributed by atoms with E-state index >= 15 is 0 Å². The molecule has 0 radical (unpaired) electrons. The molecular formula is C10H19NO2. The van der Waals surface area contributed by atoms with Gasteiger partial charge in [-0.05, 0) is 24.7 Å². The summed E-state index contributed by atoms with van der Waals surface area (Å²) in [5.74, 6) is 0.156. The molecule has 0 aromatic carbocycles. The first kappa shape index (κ1) is 10.5. The van der Waals surface area contributed by atoms with Gasteiger partial charge < -0.3 is 10.1 Å². The number of hydrogen-bond donors (Lipinski definition) is 1. The lowest BCUT2D eigenvalue weighted by Gasteiger charge is -2.14. The minimum absolute atomic E-state index is 0.156. The molecule has 1 saturated carbocycles. The predicted octanol–water partition coefficient (Wildman–Crippen LogP) is 1.33. The van der Waals surface area contributed by atoms with Gasteiger partial charge in [-0.2, -0.15) is 0 Å². The predicted molar refractivity (Wildman–Crippen MR) is 51.5 cm³/mol. The van der Waals surface area contributed by atoms with Gasteiger partial charge >= 0.3 is 0 Å². The van der Waals surface area contributed by atoms with Gasteiger partial charge in [0.1, 0.15) is 0 Å². The summed E-state index contributed by atoms with van der Waals surface area (Å²) in [6, 6.07) is 0. The molecule has 0 spiro atoms. The summed E-state index contributed by atoms with van der Waals surface area (Å²) in [5.41, 5.74) is 0.376. The standard InChI is InChI=1S/C10H19NO2/c1-3-9(12)11-8-10(4-5-10)6-7-13-2/h3-8H2,1-2H3,(H,11,12).